The van der Waals surface area contributed by atoms with Crippen molar-refractivity contribution in [2.24, 2.45) is 0 Å². The van der Waals surface area contributed by atoms with Gasteiger partial charge in [0, 0.05) is 15.1 Å². The van der Waals surface area contributed by atoms with E-state index in [1.807, 2.05) is 37.3 Å². The first-order chi connectivity index (χ1) is 9.54. The number of benzene rings is 2. The minimum Gasteiger partial charge on any atom is -0.484 e. The minimum atomic E-state index is -0.274. The van der Waals surface area contributed by atoms with E-state index in [-0.39, 0.29) is 11.9 Å². The van der Waals surface area contributed by atoms with Gasteiger partial charge in [-0.3, -0.25) is 4.79 Å². The number of hydrogen-bond donors (Lipinski definition) is 0. The van der Waals surface area contributed by atoms with Gasteiger partial charge in [0.2, 0.25) is 0 Å². The van der Waals surface area contributed by atoms with Gasteiger partial charge >= 0.3 is 0 Å². The maximum absolute atomic E-state index is 12.3. The molecule has 0 spiro atoms. The van der Waals surface area contributed by atoms with Crippen LogP contribution in [-0.4, -0.2) is 5.78 Å². The summed E-state index contributed by atoms with van der Waals surface area (Å²) < 4.78 is 6.83. The van der Waals surface area contributed by atoms with Gasteiger partial charge in [-0.25, -0.2) is 0 Å². The van der Waals surface area contributed by atoms with Crippen molar-refractivity contribution in [2.45, 2.75) is 19.4 Å². The quantitative estimate of drug-likeness (QED) is 0.713. The van der Waals surface area contributed by atoms with Gasteiger partial charge in [0.1, 0.15) is 11.9 Å². The molecule has 1 atom stereocenters. The van der Waals surface area contributed by atoms with E-state index < -0.39 is 0 Å². The third-order valence-corrected chi connectivity index (χ3v) is 4.31. The first-order valence-corrected chi connectivity index (χ1v) is 7.47. The summed E-state index contributed by atoms with van der Waals surface area (Å²) in [6.45, 7) is 1.97. The van der Waals surface area contributed by atoms with Crippen LogP contribution in [0.5, 0.6) is 5.75 Å². The molecule has 102 valence electrons. The van der Waals surface area contributed by atoms with Crippen LogP contribution in [0.3, 0.4) is 0 Å². The van der Waals surface area contributed by atoms with Gasteiger partial charge in [0.05, 0.1) is 12.0 Å². The predicted octanol–water partition coefficient (Wildman–Crippen LogP) is 5.12. The zero-order valence-electron chi connectivity index (χ0n) is 10.8. The molecule has 0 fully saturated rings. The minimum absolute atomic E-state index is 0.113. The largest absolute Gasteiger partial charge is 0.484 e. The van der Waals surface area contributed by atoms with Crippen LogP contribution in [0.4, 0.5) is 0 Å². The Morgan fingerprint density at radius 1 is 1.25 bits per heavy atom. The molecule has 20 heavy (non-hydrogen) atoms. The summed E-state index contributed by atoms with van der Waals surface area (Å²) in [5, 5.41) is 0.652. The molecule has 0 bridgehead atoms. The topological polar surface area (TPSA) is 26.3 Å². The van der Waals surface area contributed by atoms with Crippen molar-refractivity contribution in [3.63, 3.8) is 0 Å². The Morgan fingerprint density at radius 3 is 2.80 bits per heavy atom. The second kappa shape index (κ2) is 5.23. The lowest BCUT2D eigenvalue weighted by molar-refractivity contribution is 0.0849. The van der Waals surface area contributed by atoms with E-state index in [4.69, 9.17) is 16.3 Å². The molecule has 2 aromatic carbocycles. The molecule has 4 heteroatoms. The maximum atomic E-state index is 12.3. The van der Waals surface area contributed by atoms with Gasteiger partial charge in [0.15, 0.2) is 5.78 Å². The Kier molecular flexibility index (Phi) is 3.57. The number of halogens is 2. The van der Waals surface area contributed by atoms with E-state index in [0.717, 1.165) is 15.6 Å². The van der Waals surface area contributed by atoms with Crippen LogP contribution in [-0.2, 0) is 0 Å². The van der Waals surface area contributed by atoms with Crippen molar-refractivity contribution >= 4 is 33.3 Å². The summed E-state index contributed by atoms with van der Waals surface area (Å²) in [4.78, 5) is 12.3. The molecule has 1 aliphatic rings. The molecule has 0 saturated heterocycles. The van der Waals surface area contributed by atoms with Crippen LogP contribution in [0, 0.1) is 6.92 Å². The summed E-state index contributed by atoms with van der Waals surface area (Å²) in [5.74, 6) is 0.764. The number of aryl methyl sites for hydroxylation is 1. The molecule has 0 aliphatic carbocycles. The number of rotatable bonds is 1. The lowest BCUT2D eigenvalue weighted by atomic mass is 9.95. The molecule has 0 N–H and O–H groups in total. The first kappa shape index (κ1) is 13.7. The van der Waals surface area contributed by atoms with Crippen molar-refractivity contribution in [1.82, 2.24) is 0 Å². The van der Waals surface area contributed by atoms with E-state index in [1.54, 1.807) is 6.07 Å². The van der Waals surface area contributed by atoms with Gasteiger partial charge < -0.3 is 4.74 Å². The molecular formula is C16H12BrClO2. The van der Waals surface area contributed by atoms with Gasteiger partial charge in [-0.15, -0.1) is 0 Å². The van der Waals surface area contributed by atoms with Crippen LogP contribution in [0.25, 0.3) is 0 Å². The molecule has 3 rings (SSSR count). The molecule has 1 unspecified atom stereocenters. The molecule has 1 heterocycles. The van der Waals surface area contributed by atoms with Crippen molar-refractivity contribution in [3.05, 3.63) is 62.6 Å². The lowest BCUT2D eigenvalue weighted by Crippen LogP contribution is -2.20. The molecule has 1 aliphatic heterocycles. The van der Waals surface area contributed by atoms with Crippen molar-refractivity contribution in [1.29, 1.82) is 0 Å². The Morgan fingerprint density at radius 2 is 2.05 bits per heavy atom. The molecule has 0 aromatic heterocycles. The smallest absolute Gasteiger partial charge is 0.170 e. The number of ketones is 1. The first-order valence-electron chi connectivity index (χ1n) is 6.30. The SMILES string of the molecule is Cc1ccc2c(c1)C(=O)CC(c1ccc(Cl)cc1Br)O2. The maximum Gasteiger partial charge on any atom is 0.170 e. The normalized spacial score (nSPS) is 17.6. The van der Waals surface area contributed by atoms with Crippen molar-refractivity contribution in [2.75, 3.05) is 0 Å². The van der Waals surface area contributed by atoms with Crippen LogP contribution in [0.15, 0.2) is 40.9 Å². The van der Waals surface area contributed by atoms with E-state index in [9.17, 15) is 4.79 Å². The number of carbonyl (C=O) groups excluding carboxylic acids is 1. The molecular weight excluding hydrogens is 340 g/mol. The van der Waals surface area contributed by atoms with Gasteiger partial charge in [-0.2, -0.15) is 0 Å². The lowest BCUT2D eigenvalue weighted by Gasteiger charge is -2.26. The Balaban J connectivity index is 1.99. The molecule has 0 saturated carbocycles. The van der Waals surface area contributed by atoms with Crippen molar-refractivity contribution < 1.29 is 9.53 Å². The number of hydrogen-bond acceptors (Lipinski definition) is 2. The van der Waals surface area contributed by atoms with Crippen LogP contribution >= 0.6 is 27.5 Å². The zero-order chi connectivity index (χ0) is 14.3. The van der Waals surface area contributed by atoms with Crippen LogP contribution < -0.4 is 4.74 Å². The Bertz CT molecular complexity index is 697. The van der Waals surface area contributed by atoms with E-state index >= 15 is 0 Å². The highest BCUT2D eigenvalue weighted by Gasteiger charge is 2.28. The predicted molar refractivity (Wildman–Crippen MR) is 82.6 cm³/mol. The zero-order valence-corrected chi connectivity index (χ0v) is 13.2. The molecule has 2 nitrogen and oxygen atoms in total. The molecule has 2 aromatic rings. The van der Waals surface area contributed by atoms with E-state index in [1.165, 1.54) is 0 Å². The summed E-state index contributed by atoms with van der Waals surface area (Å²) in [6.07, 6.45) is 0.0702. The third kappa shape index (κ3) is 2.48. The van der Waals surface area contributed by atoms with E-state index in [0.29, 0.717) is 22.8 Å². The van der Waals surface area contributed by atoms with Crippen LogP contribution in [0.2, 0.25) is 5.02 Å². The molecule has 0 amide bonds. The van der Waals surface area contributed by atoms with E-state index in [2.05, 4.69) is 15.9 Å². The summed E-state index contributed by atoms with van der Waals surface area (Å²) >= 11 is 9.42. The third-order valence-electron chi connectivity index (χ3n) is 3.38. The standard InChI is InChI=1S/C16H12BrClO2/c1-9-2-5-15-12(6-9)14(19)8-16(20-15)11-4-3-10(18)7-13(11)17/h2-7,16H,8H2,1H3. The summed E-state index contributed by atoms with van der Waals surface area (Å²) in [6, 6.07) is 11.2. The Labute approximate surface area is 130 Å². The molecule has 0 radical (unpaired) electrons. The number of fused-ring (bicyclic) bond motifs is 1. The highest BCUT2D eigenvalue weighted by molar-refractivity contribution is 9.10. The van der Waals surface area contributed by atoms with Crippen molar-refractivity contribution in [3.8, 4) is 5.75 Å². The van der Waals surface area contributed by atoms with Gasteiger partial charge in [0.25, 0.3) is 0 Å². The van der Waals surface area contributed by atoms with Gasteiger partial charge in [-0.05, 0) is 31.2 Å². The number of carbonyl (C=O) groups is 1. The fourth-order valence-electron chi connectivity index (χ4n) is 2.37. The Hall–Kier alpha value is -1.32. The monoisotopic (exact) mass is 350 g/mol. The van der Waals surface area contributed by atoms with Crippen LogP contribution in [0.1, 0.15) is 34.0 Å². The second-order valence-electron chi connectivity index (χ2n) is 4.90. The average Bonchev–Trinajstić information content (AvgIpc) is 2.39. The highest BCUT2D eigenvalue weighted by atomic mass is 79.9. The highest BCUT2D eigenvalue weighted by Crippen LogP contribution is 2.38. The summed E-state index contributed by atoms with van der Waals surface area (Å²) in [5.41, 5.74) is 2.67. The fraction of sp³-hybridized carbons (Fsp3) is 0.188. The average molecular weight is 352 g/mol. The number of ether oxygens (including phenoxy) is 1. The number of Topliss-reactive ketones (excluding diaryl/α,β-unsaturated/α-hetero) is 1. The fourth-order valence-corrected chi connectivity index (χ4v) is 3.31. The second-order valence-corrected chi connectivity index (χ2v) is 6.19. The van der Waals surface area contributed by atoms with Gasteiger partial charge in [-0.1, -0.05) is 45.2 Å². The summed E-state index contributed by atoms with van der Waals surface area (Å²) in [7, 11) is 0.